The number of amides is 1. The molecule has 4 rings (SSSR count). The van der Waals surface area contributed by atoms with Gasteiger partial charge in [0.1, 0.15) is 5.52 Å². The number of fused-ring (bicyclic) bond motifs is 2. The fourth-order valence-corrected chi connectivity index (χ4v) is 4.00. The SMILES string of the molecule is Cl.O=C(CCn1nnc2ccccc2c1=O)N1CC[C@@H]2CNC[C@@H]2CC1. The largest absolute Gasteiger partial charge is 0.343 e. The zero-order valence-electron chi connectivity index (χ0n) is 14.6. The van der Waals surface area contributed by atoms with Gasteiger partial charge in [0.2, 0.25) is 5.91 Å². The van der Waals surface area contributed by atoms with E-state index in [1.54, 1.807) is 12.1 Å². The molecule has 2 aromatic rings. The molecule has 2 atom stereocenters. The van der Waals surface area contributed by atoms with E-state index in [0.29, 0.717) is 29.2 Å². The summed E-state index contributed by atoms with van der Waals surface area (Å²) in [6, 6.07) is 7.15. The van der Waals surface area contributed by atoms with Crippen LogP contribution in [-0.2, 0) is 11.3 Å². The lowest BCUT2D eigenvalue weighted by Crippen LogP contribution is -2.34. The Kier molecular flexibility index (Phi) is 5.88. The molecule has 2 aliphatic heterocycles. The molecule has 2 aliphatic rings. The summed E-state index contributed by atoms with van der Waals surface area (Å²) in [6.45, 7) is 4.07. The van der Waals surface area contributed by atoms with Crippen LogP contribution in [0.5, 0.6) is 0 Å². The first-order chi connectivity index (χ1) is 12.2. The highest BCUT2D eigenvalue weighted by atomic mass is 35.5. The van der Waals surface area contributed by atoms with Crippen molar-refractivity contribution in [1.82, 2.24) is 25.2 Å². The molecule has 1 aromatic heterocycles. The van der Waals surface area contributed by atoms with E-state index < -0.39 is 0 Å². The Morgan fingerprint density at radius 3 is 2.58 bits per heavy atom. The molecule has 1 N–H and O–H groups in total. The number of rotatable bonds is 3. The Morgan fingerprint density at radius 1 is 1.15 bits per heavy atom. The van der Waals surface area contributed by atoms with E-state index >= 15 is 0 Å². The Morgan fingerprint density at radius 2 is 1.85 bits per heavy atom. The third kappa shape index (κ3) is 3.73. The third-order valence-electron chi connectivity index (χ3n) is 5.54. The van der Waals surface area contributed by atoms with Crippen LogP contribution in [0.4, 0.5) is 0 Å². The molecule has 8 heteroatoms. The van der Waals surface area contributed by atoms with Gasteiger partial charge in [-0.15, -0.1) is 17.5 Å². The third-order valence-corrected chi connectivity index (χ3v) is 5.54. The van der Waals surface area contributed by atoms with Crippen molar-refractivity contribution in [3.8, 4) is 0 Å². The molecule has 1 aromatic carbocycles. The normalized spacial score (nSPS) is 22.5. The molecule has 0 unspecified atom stereocenters. The standard InChI is InChI=1S/C18H23N5O2.ClH/c24-17(22-8-5-13-11-19-12-14(13)6-9-22)7-10-23-18(25)15-3-1-2-4-16(15)20-21-23;/h1-4,13-14,19H,5-12H2;1H/t13-,14+;. The van der Waals surface area contributed by atoms with Crippen molar-refractivity contribution in [3.63, 3.8) is 0 Å². The average molecular weight is 378 g/mol. The molecule has 140 valence electrons. The van der Waals surface area contributed by atoms with Crippen LogP contribution in [0.2, 0.25) is 0 Å². The van der Waals surface area contributed by atoms with Crippen molar-refractivity contribution in [2.45, 2.75) is 25.8 Å². The maximum atomic E-state index is 12.6. The molecule has 1 amide bonds. The Labute approximate surface area is 158 Å². The number of benzene rings is 1. The van der Waals surface area contributed by atoms with Gasteiger partial charge in [0, 0.05) is 19.5 Å². The predicted octanol–water partition coefficient (Wildman–Crippen LogP) is 1.06. The molecule has 0 bridgehead atoms. The zero-order chi connectivity index (χ0) is 17.2. The van der Waals surface area contributed by atoms with Crippen LogP contribution in [0.1, 0.15) is 19.3 Å². The van der Waals surface area contributed by atoms with Gasteiger partial charge in [-0.1, -0.05) is 17.3 Å². The van der Waals surface area contributed by atoms with E-state index in [-0.39, 0.29) is 30.4 Å². The van der Waals surface area contributed by atoms with Crippen LogP contribution in [0.25, 0.3) is 10.9 Å². The molecule has 0 aliphatic carbocycles. The average Bonchev–Trinajstić information content (AvgIpc) is 2.99. The van der Waals surface area contributed by atoms with Gasteiger partial charge in [-0.2, -0.15) is 0 Å². The number of carbonyl (C=O) groups excluding carboxylic acids is 1. The summed E-state index contributed by atoms with van der Waals surface area (Å²) in [5, 5.41) is 12.0. The summed E-state index contributed by atoms with van der Waals surface area (Å²) in [6.07, 6.45) is 2.43. The van der Waals surface area contributed by atoms with Crippen LogP contribution >= 0.6 is 12.4 Å². The highest BCUT2D eigenvalue weighted by Crippen LogP contribution is 2.27. The number of nitrogens with zero attached hydrogens (tertiary/aromatic N) is 4. The molecule has 2 saturated heterocycles. The number of hydrogen-bond donors (Lipinski definition) is 1. The highest BCUT2D eigenvalue weighted by molar-refractivity contribution is 5.85. The van der Waals surface area contributed by atoms with Crippen LogP contribution in [0.15, 0.2) is 29.1 Å². The van der Waals surface area contributed by atoms with Crippen molar-refractivity contribution in [3.05, 3.63) is 34.6 Å². The van der Waals surface area contributed by atoms with Crippen molar-refractivity contribution in [2.24, 2.45) is 11.8 Å². The molecule has 7 nitrogen and oxygen atoms in total. The maximum absolute atomic E-state index is 12.6. The van der Waals surface area contributed by atoms with Gasteiger partial charge in [0.25, 0.3) is 5.56 Å². The minimum atomic E-state index is -0.185. The van der Waals surface area contributed by atoms with Crippen LogP contribution in [0, 0.1) is 11.8 Å². The number of nitrogens with one attached hydrogen (secondary N) is 1. The number of carbonyl (C=O) groups is 1. The summed E-state index contributed by atoms with van der Waals surface area (Å²) in [4.78, 5) is 27.0. The fraction of sp³-hybridized carbons (Fsp3) is 0.556. The van der Waals surface area contributed by atoms with Gasteiger partial charge in [-0.3, -0.25) is 9.59 Å². The summed E-state index contributed by atoms with van der Waals surface area (Å²) in [7, 11) is 0. The van der Waals surface area contributed by atoms with Crippen LogP contribution < -0.4 is 10.9 Å². The van der Waals surface area contributed by atoms with Gasteiger partial charge < -0.3 is 10.2 Å². The smallest absolute Gasteiger partial charge is 0.277 e. The van der Waals surface area contributed by atoms with Crippen molar-refractivity contribution in [2.75, 3.05) is 26.2 Å². The maximum Gasteiger partial charge on any atom is 0.277 e. The van der Waals surface area contributed by atoms with E-state index in [9.17, 15) is 9.59 Å². The number of aromatic nitrogens is 3. The first kappa shape index (κ1) is 18.8. The van der Waals surface area contributed by atoms with E-state index in [4.69, 9.17) is 0 Å². The zero-order valence-corrected chi connectivity index (χ0v) is 15.5. The summed E-state index contributed by atoms with van der Waals surface area (Å²) in [5.74, 6) is 1.51. The molecule has 3 heterocycles. The molecule has 0 spiro atoms. The number of likely N-dealkylation sites (tertiary alicyclic amines) is 1. The number of halogens is 1. The molecular formula is C18H24ClN5O2. The lowest BCUT2D eigenvalue weighted by Gasteiger charge is -2.21. The first-order valence-electron chi connectivity index (χ1n) is 9.03. The monoisotopic (exact) mass is 377 g/mol. The second kappa shape index (κ2) is 8.14. The molecule has 0 saturated carbocycles. The van der Waals surface area contributed by atoms with Gasteiger partial charge in [-0.25, -0.2) is 4.68 Å². The molecular weight excluding hydrogens is 354 g/mol. The van der Waals surface area contributed by atoms with E-state index in [1.165, 1.54) is 4.68 Å². The minimum Gasteiger partial charge on any atom is -0.343 e. The van der Waals surface area contributed by atoms with Gasteiger partial charge >= 0.3 is 0 Å². The summed E-state index contributed by atoms with van der Waals surface area (Å²) >= 11 is 0. The lowest BCUT2D eigenvalue weighted by molar-refractivity contribution is -0.131. The van der Waals surface area contributed by atoms with Crippen molar-refractivity contribution in [1.29, 1.82) is 0 Å². The molecule has 26 heavy (non-hydrogen) atoms. The Bertz CT molecular complexity index is 826. The van der Waals surface area contributed by atoms with Crippen molar-refractivity contribution < 1.29 is 4.79 Å². The quantitative estimate of drug-likeness (QED) is 0.865. The van der Waals surface area contributed by atoms with E-state index in [1.807, 2.05) is 17.0 Å². The first-order valence-corrected chi connectivity index (χ1v) is 9.03. The lowest BCUT2D eigenvalue weighted by atomic mass is 9.92. The Hall–Kier alpha value is -1.99. The summed E-state index contributed by atoms with van der Waals surface area (Å²) in [5.41, 5.74) is 0.401. The predicted molar refractivity (Wildman–Crippen MR) is 101 cm³/mol. The molecule has 2 fully saturated rings. The topological polar surface area (TPSA) is 80.1 Å². The van der Waals surface area contributed by atoms with Gasteiger partial charge in [0.15, 0.2) is 0 Å². The van der Waals surface area contributed by atoms with Gasteiger partial charge in [0.05, 0.1) is 11.9 Å². The number of hydrogen-bond acceptors (Lipinski definition) is 5. The number of aryl methyl sites for hydroxylation is 1. The second-order valence-corrected chi connectivity index (χ2v) is 7.02. The van der Waals surface area contributed by atoms with Gasteiger partial charge in [-0.05, 0) is 49.9 Å². The van der Waals surface area contributed by atoms with Crippen LogP contribution in [-0.4, -0.2) is 52.0 Å². The summed E-state index contributed by atoms with van der Waals surface area (Å²) < 4.78 is 1.30. The molecule has 0 radical (unpaired) electrons. The minimum absolute atomic E-state index is 0. The fourth-order valence-electron chi connectivity index (χ4n) is 4.00. The highest BCUT2D eigenvalue weighted by Gasteiger charge is 2.31. The van der Waals surface area contributed by atoms with E-state index in [2.05, 4.69) is 15.6 Å². The van der Waals surface area contributed by atoms with Crippen molar-refractivity contribution >= 4 is 29.2 Å². The van der Waals surface area contributed by atoms with E-state index in [0.717, 1.165) is 39.0 Å². The second-order valence-electron chi connectivity index (χ2n) is 7.02. The Balaban J connectivity index is 0.00000196. The van der Waals surface area contributed by atoms with Crippen LogP contribution in [0.3, 0.4) is 0 Å².